The fourth-order valence-electron chi connectivity index (χ4n) is 2.15. The van der Waals surface area contributed by atoms with Crippen LogP contribution in [0.3, 0.4) is 0 Å². The van der Waals surface area contributed by atoms with E-state index in [1.807, 2.05) is 84.9 Å². The van der Waals surface area contributed by atoms with Crippen molar-refractivity contribution in [2.75, 3.05) is 0 Å². The Labute approximate surface area is 162 Å². The molecule has 0 fully saturated rings. The first-order chi connectivity index (χ1) is 11.9. The topological polar surface area (TPSA) is 25.8 Å². The Hall–Kier alpha value is -2.61. The molecule has 2 heterocycles. The smallest absolute Gasteiger partial charge is 0.305 e. The molecule has 4 aromatic rings. The molecule has 2 nitrogen and oxygen atoms in total. The van der Waals surface area contributed by atoms with Crippen LogP contribution in [0.25, 0.3) is 22.5 Å². The summed E-state index contributed by atoms with van der Waals surface area (Å²) in [5.74, 6) is 0. The molecule has 122 valence electrons. The van der Waals surface area contributed by atoms with Crippen molar-refractivity contribution in [1.29, 1.82) is 0 Å². The van der Waals surface area contributed by atoms with E-state index in [1.54, 1.807) is 12.4 Å². The predicted octanol–water partition coefficient (Wildman–Crippen LogP) is 5.10. The first-order valence-electron chi connectivity index (χ1n) is 7.70. The normalized spacial score (nSPS) is 9.28. The van der Waals surface area contributed by atoms with E-state index in [2.05, 4.69) is 22.1 Å². The first-order valence-corrected chi connectivity index (χ1v) is 7.70. The molecule has 0 N–H and O–H groups in total. The van der Waals surface area contributed by atoms with Gasteiger partial charge in [0.2, 0.25) is 0 Å². The van der Waals surface area contributed by atoms with Crippen molar-refractivity contribution in [2.24, 2.45) is 0 Å². The van der Waals surface area contributed by atoms with E-state index in [-0.39, 0.29) is 20.1 Å². The van der Waals surface area contributed by atoms with Crippen molar-refractivity contribution in [3.05, 3.63) is 109 Å². The molecule has 0 aliphatic heterocycles. The van der Waals surface area contributed by atoms with Gasteiger partial charge in [0.25, 0.3) is 0 Å². The van der Waals surface area contributed by atoms with Crippen LogP contribution in [-0.4, -0.2) is 9.97 Å². The van der Waals surface area contributed by atoms with Gasteiger partial charge in [0.15, 0.2) is 0 Å². The molecule has 0 aliphatic rings. The molecular formula is C22H16IrN2+. The van der Waals surface area contributed by atoms with E-state index >= 15 is 0 Å². The van der Waals surface area contributed by atoms with Gasteiger partial charge in [0.05, 0.1) is 0 Å². The van der Waals surface area contributed by atoms with E-state index in [0.29, 0.717) is 0 Å². The van der Waals surface area contributed by atoms with E-state index in [0.717, 1.165) is 22.5 Å². The molecule has 0 aliphatic carbocycles. The third-order valence-electron chi connectivity index (χ3n) is 3.30. The molecule has 0 atom stereocenters. The molecule has 2 aromatic heterocycles. The van der Waals surface area contributed by atoms with Gasteiger partial charge < -0.3 is 9.97 Å². The minimum absolute atomic E-state index is 0. The molecule has 0 amide bonds. The minimum Gasteiger partial charge on any atom is -0.305 e. The summed E-state index contributed by atoms with van der Waals surface area (Å²) in [6.45, 7) is 0. The van der Waals surface area contributed by atoms with Crippen molar-refractivity contribution in [1.82, 2.24) is 9.97 Å². The molecule has 0 saturated carbocycles. The number of rotatable bonds is 2. The van der Waals surface area contributed by atoms with Gasteiger partial charge in [-0.3, -0.25) is 0 Å². The maximum absolute atomic E-state index is 4.22. The summed E-state index contributed by atoms with van der Waals surface area (Å²) >= 11 is 0. The van der Waals surface area contributed by atoms with Gasteiger partial charge in [-0.25, -0.2) is 0 Å². The van der Waals surface area contributed by atoms with Crippen LogP contribution in [0.15, 0.2) is 97.3 Å². The van der Waals surface area contributed by atoms with Crippen molar-refractivity contribution in [3.63, 3.8) is 0 Å². The largest absolute Gasteiger partial charge is 3.00 e. The van der Waals surface area contributed by atoms with Crippen LogP contribution in [0.4, 0.5) is 0 Å². The van der Waals surface area contributed by atoms with Gasteiger partial charge >= 0.3 is 20.1 Å². The van der Waals surface area contributed by atoms with Crippen LogP contribution in [0.5, 0.6) is 0 Å². The zero-order valence-corrected chi connectivity index (χ0v) is 15.9. The van der Waals surface area contributed by atoms with Crippen LogP contribution >= 0.6 is 0 Å². The quantitative estimate of drug-likeness (QED) is 0.358. The third-order valence-corrected chi connectivity index (χ3v) is 3.30. The van der Waals surface area contributed by atoms with Gasteiger partial charge in [0.1, 0.15) is 0 Å². The van der Waals surface area contributed by atoms with Gasteiger partial charge in [0, 0.05) is 12.4 Å². The zero-order chi connectivity index (χ0) is 16.5. The van der Waals surface area contributed by atoms with Crippen LogP contribution in [0, 0.1) is 12.1 Å². The summed E-state index contributed by atoms with van der Waals surface area (Å²) in [5.41, 5.74) is 4.02. The number of benzene rings is 2. The Morgan fingerprint density at radius 3 is 1.28 bits per heavy atom. The van der Waals surface area contributed by atoms with E-state index in [1.165, 1.54) is 0 Å². The van der Waals surface area contributed by atoms with Crippen molar-refractivity contribution >= 4 is 0 Å². The van der Waals surface area contributed by atoms with E-state index in [4.69, 9.17) is 0 Å². The Bertz CT molecular complexity index is 686. The Kier molecular flexibility index (Phi) is 7.71. The summed E-state index contributed by atoms with van der Waals surface area (Å²) in [4.78, 5) is 8.44. The van der Waals surface area contributed by atoms with Gasteiger partial charge in [-0.1, -0.05) is 24.3 Å². The summed E-state index contributed by atoms with van der Waals surface area (Å²) < 4.78 is 0. The molecular weight excluding hydrogens is 484 g/mol. The molecule has 25 heavy (non-hydrogen) atoms. The Morgan fingerprint density at radius 1 is 0.520 bits per heavy atom. The molecule has 0 spiro atoms. The molecule has 2 aromatic carbocycles. The number of hydrogen-bond donors (Lipinski definition) is 0. The van der Waals surface area contributed by atoms with Gasteiger partial charge in [-0.2, -0.15) is 0 Å². The summed E-state index contributed by atoms with van der Waals surface area (Å²) in [6.07, 6.45) is 3.58. The van der Waals surface area contributed by atoms with Gasteiger partial charge in [-0.15, -0.1) is 71.8 Å². The number of pyridine rings is 2. The summed E-state index contributed by atoms with van der Waals surface area (Å²) in [5, 5.41) is 0. The van der Waals surface area contributed by atoms with Crippen LogP contribution in [-0.2, 0) is 20.1 Å². The second-order valence-electron chi connectivity index (χ2n) is 4.98. The molecule has 0 unspecified atom stereocenters. The standard InChI is InChI=1S/2C11H8N.Ir/c2*1-2-6-10(7-3-1)11-8-4-5-9-12-11;/h2*1-6,8-9H;/q2*-1;+3. The average Bonchev–Trinajstić information content (AvgIpc) is 2.71. The van der Waals surface area contributed by atoms with Crippen molar-refractivity contribution in [3.8, 4) is 22.5 Å². The van der Waals surface area contributed by atoms with Gasteiger partial charge in [-0.05, 0) is 23.5 Å². The maximum Gasteiger partial charge on any atom is 3.00 e. The Morgan fingerprint density at radius 2 is 0.960 bits per heavy atom. The molecule has 0 saturated heterocycles. The summed E-state index contributed by atoms with van der Waals surface area (Å²) in [6, 6.07) is 33.6. The first kappa shape index (κ1) is 18.7. The maximum atomic E-state index is 4.22. The van der Waals surface area contributed by atoms with Crippen LogP contribution < -0.4 is 0 Å². The molecule has 3 heteroatoms. The predicted molar refractivity (Wildman–Crippen MR) is 97.0 cm³/mol. The van der Waals surface area contributed by atoms with Crippen molar-refractivity contribution in [2.45, 2.75) is 0 Å². The molecule has 0 radical (unpaired) electrons. The van der Waals surface area contributed by atoms with Crippen molar-refractivity contribution < 1.29 is 20.1 Å². The fourth-order valence-corrected chi connectivity index (χ4v) is 2.15. The minimum atomic E-state index is 0. The SMILES string of the molecule is [Ir+3].[c-]1ccccc1-c1ccccn1.[c-]1ccccc1-c1ccccn1. The average molecular weight is 501 g/mol. The molecule has 0 bridgehead atoms. The van der Waals surface area contributed by atoms with E-state index < -0.39 is 0 Å². The van der Waals surface area contributed by atoms with Crippen LogP contribution in [0.2, 0.25) is 0 Å². The Balaban J connectivity index is 0.000000173. The second kappa shape index (κ2) is 10.3. The van der Waals surface area contributed by atoms with E-state index in [9.17, 15) is 0 Å². The second-order valence-corrected chi connectivity index (χ2v) is 4.98. The fraction of sp³-hybridized carbons (Fsp3) is 0. The number of hydrogen-bond acceptors (Lipinski definition) is 2. The monoisotopic (exact) mass is 501 g/mol. The number of nitrogens with zero attached hydrogens (tertiary/aromatic N) is 2. The third kappa shape index (κ3) is 5.75. The molecule has 4 rings (SSSR count). The van der Waals surface area contributed by atoms with Crippen LogP contribution in [0.1, 0.15) is 0 Å². The number of aromatic nitrogens is 2. The zero-order valence-electron chi connectivity index (χ0n) is 13.5. The summed E-state index contributed by atoms with van der Waals surface area (Å²) in [7, 11) is 0.